The molecule has 88 valence electrons. The normalized spacial score (nSPS) is 19.2. The zero-order valence-electron chi connectivity index (χ0n) is 10.4. The molecule has 1 aromatic rings. The molecule has 0 unspecified atom stereocenters. The topological polar surface area (TPSA) is 0 Å². The van der Waals surface area contributed by atoms with Crippen molar-refractivity contribution in [3.05, 3.63) is 35.4 Å². The third kappa shape index (κ3) is 4.00. The molecular weight excluding hydrogens is 192 g/mol. The zero-order valence-corrected chi connectivity index (χ0v) is 10.4. The van der Waals surface area contributed by atoms with Gasteiger partial charge in [-0.2, -0.15) is 0 Å². The molecule has 0 radical (unpaired) electrons. The smallest absolute Gasteiger partial charge is 0.0279 e. The monoisotopic (exact) mass is 216 g/mol. The lowest BCUT2D eigenvalue weighted by Crippen LogP contribution is -1.91. The molecule has 0 heterocycles. The van der Waals surface area contributed by atoms with Crippen LogP contribution >= 0.6 is 0 Å². The van der Waals surface area contributed by atoms with Gasteiger partial charge in [-0.3, -0.25) is 0 Å². The Balaban J connectivity index is 1.93. The van der Waals surface area contributed by atoms with Crippen LogP contribution in [-0.2, 0) is 12.8 Å². The molecule has 2 aliphatic rings. The van der Waals surface area contributed by atoms with E-state index in [-0.39, 0.29) is 0 Å². The molecule has 0 atom stereocenters. The molecule has 2 aliphatic carbocycles. The van der Waals surface area contributed by atoms with Crippen LogP contribution in [0.1, 0.15) is 62.5 Å². The fraction of sp³-hybridized carbons (Fsp3) is 0.625. The van der Waals surface area contributed by atoms with E-state index >= 15 is 0 Å². The highest BCUT2D eigenvalue weighted by Crippen LogP contribution is 2.15. The lowest BCUT2D eigenvalue weighted by Gasteiger charge is -2.07. The maximum atomic E-state index is 2.33. The Morgan fingerprint density at radius 3 is 1.12 bits per heavy atom. The van der Waals surface area contributed by atoms with Gasteiger partial charge < -0.3 is 0 Å². The summed E-state index contributed by atoms with van der Waals surface area (Å²) in [7, 11) is 0. The Kier molecular flexibility index (Phi) is 4.92. The van der Waals surface area contributed by atoms with Crippen LogP contribution in [-0.4, -0.2) is 0 Å². The van der Waals surface area contributed by atoms with Crippen LogP contribution in [0.2, 0.25) is 0 Å². The van der Waals surface area contributed by atoms with Crippen molar-refractivity contribution >= 4 is 0 Å². The summed E-state index contributed by atoms with van der Waals surface area (Å²) in [5.74, 6) is 0. The van der Waals surface area contributed by atoms with Crippen molar-refractivity contribution in [3.63, 3.8) is 0 Å². The number of hydrogen-bond acceptors (Lipinski definition) is 0. The van der Waals surface area contributed by atoms with Crippen molar-refractivity contribution in [2.75, 3.05) is 0 Å². The highest BCUT2D eigenvalue weighted by molar-refractivity contribution is 5.22. The second kappa shape index (κ2) is 6.73. The highest BCUT2D eigenvalue weighted by atomic mass is 14.0. The van der Waals surface area contributed by atoms with E-state index in [0.29, 0.717) is 0 Å². The van der Waals surface area contributed by atoms with Crippen LogP contribution in [0.4, 0.5) is 0 Å². The van der Waals surface area contributed by atoms with Gasteiger partial charge in [-0.15, -0.1) is 0 Å². The molecule has 0 spiro atoms. The van der Waals surface area contributed by atoms with Crippen LogP contribution < -0.4 is 0 Å². The zero-order chi connectivity index (χ0) is 11.1. The van der Waals surface area contributed by atoms with Crippen molar-refractivity contribution in [2.24, 2.45) is 0 Å². The summed E-state index contributed by atoms with van der Waals surface area (Å²) in [5.41, 5.74) is 3.06. The van der Waals surface area contributed by atoms with E-state index in [1.165, 1.54) is 75.3 Å². The minimum absolute atomic E-state index is 1.28. The van der Waals surface area contributed by atoms with E-state index in [1.54, 1.807) is 0 Å². The van der Waals surface area contributed by atoms with Gasteiger partial charge in [0.1, 0.15) is 0 Å². The number of rotatable bonds is 0. The molecule has 0 fully saturated rings. The standard InChI is InChI=1S/C16H24/c1-2-4-6-8-10-16-13-11-15(12-14-16)9-7-5-3-1/h11-14H,1-10H2. The first-order valence-corrected chi connectivity index (χ1v) is 7.03. The Bertz CT molecular complexity index is 252. The van der Waals surface area contributed by atoms with Gasteiger partial charge in [-0.05, 0) is 36.8 Å². The molecule has 1 aromatic carbocycles. The SMILES string of the molecule is c1cc2ccc1CCCCCCCCCC2. The molecule has 0 aromatic heterocycles. The first kappa shape index (κ1) is 11.7. The molecule has 3 rings (SSSR count). The Morgan fingerprint density at radius 1 is 0.438 bits per heavy atom. The van der Waals surface area contributed by atoms with Crippen molar-refractivity contribution in [2.45, 2.75) is 64.2 Å². The summed E-state index contributed by atoms with van der Waals surface area (Å²) >= 11 is 0. The summed E-state index contributed by atoms with van der Waals surface area (Å²) < 4.78 is 0. The van der Waals surface area contributed by atoms with Crippen molar-refractivity contribution in [3.8, 4) is 0 Å². The van der Waals surface area contributed by atoms with Crippen LogP contribution in [0.5, 0.6) is 0 Å². The van der Waals surface area contributed by atoms with Crippen LogP contribution in [0.25, 0.3) is 0 Å². The minimum Gasteiger partial charge on any atom is -0.0588 e. The third-order valence-corrected chi connectivity index (χ3v) is 3.70. The third-order valence-electron chi connectivity index (χ3n) is 3.70. The van der Waals surface area contributed by atoms with Crippen molar-refractivity contribution in [1.29, 1.82) is 0 Å². The van der Waals surface area contributed by atoms with Gasteiger partial charge >= 0.3 is 0 Å². The van der Waals surface area contributed by atoms with Gasteiger partial charge in [-0.1, -0.05) is 62.8 Å². The van der Waals surface area contributed by atoms with Crippen LogP contribution in [0, 0.1) is 0 Å². The Hall–Kier alpha value is -0.780. The predicted molar refractivity (Wildman–Crippen MR) is 70.8 cm³/mol. The van der Waals surface area contributed by atoms with E-state index in [2.05, 4.69) is 24.3 Å². The maximum Gasteiger partial charge on any atom is -0.0279 e. The van der Waals surface area contributed by atoms with E-state index in [0.717, 1.165) is 0 Å². The second-order valence-electron chi connectivity index (χ2n) is 5.14. The number of fused-ring (bicyclic) bond motifs is 11. The molecule has 0 N–H and O–H groups in total. The maximum absolute atomic E-state index is 2.33. The molecule has 0 heteroatoms. The summed E-state index contributed by atoms with van der Waals surface area (Å²) in [6.45, 7) is 0. The molecule has 2 bridgehead atoms. The summed E-state index contributed by atoms with van der Waals surface area (Å²) in [6.07, 6.45) is 13.9. The first-order valence-electron chi connectivity index (χ1n) is 7.03. The quantitative estimate of drug-likeness (QED) is 0.578. The Morgan fingerprint density at radius 2 is 0.750 bits per heavy atom. The fourth-order valence-electron chi connectivity index (χ4n) is 2.59. The van der Waals surface area contributed by atoms with Gasteiger partial charge in [0.25, 0.3) is 0 Å². The van der Waals surface area contributed by atoms with Gasteiger partial charge in [0, 0.05) is 0 Å². The van der Waals surface area contributed by atoms with Gasteiger partial charge in [0.2, 0.25) is 0 Å². The minimum atomic E-state index is 1.28. The molecule has 0 aliphatic heterocycles. The summed E-state index contributed by atoms with van der Waals surface area (Å²) in [5, 5.41) is 0. The predicted octanol–water partition coefficient (Wildman–Crippen LogP) is 4.91. The number of hydrogen-bond donors (Lipinski definition) is 0. The fourth-order valence-corrected chi connectivity index (χ4v) is 2.59. The summed E-state index contributed by atoms with van der Waals surface area (Å²) in [6, 6.07) is 9.34. The van der Waals surface area contributed by atoms with E-state index in [9.17, 15) is 0 Å². The average molecular weight is 216 g/mol. The molecule has 0 saturated heterocycles. The molecule has 0 saturated carbocycles. The van der Waals surface area contributed by atoms with Crippen LogP contribution in [0.15, 0.2) is 24.3 Å². The molecule has 16 heavy (non-hydrogen) atoms. The molecular formula is C16H24. The van der Waals surface area contributed by atoms with E-state index < -0.39 is 0 Å². The molecule has 0 nitrogen and oxygen atoms in total. The average Bonchev–Trinajstić information content (AvgIpc) is 2.33. The second-order valence-corrected chi connectivity index (χ2v) is 5.14. The Labute approximate surface area is 100 Å². The summed E-state index contributed by atoms with van der Waals surface area (Å²) in [4.78, 5) is 0. The lowest BCUT2D eigenvalue weighted by atomic mass is 9.99. The molecule has 0 amide bonds. The first-order chi connectivity index (χ1) is 7.95. The number of aryl methyl sites for hydroxylation is 2. The number of benzene rings is 1. The van der Waals surface area contributed by atoms with E-state index in [1.807, 2.05) is 0 Å². The lowest BCUT2D eigenvalue weighted by molar-refractivity contribution is 0.566. The van der Waals surface area contributed by atoms with Gasteiger partial charge in [-0.25, -0.2) is 0 Å². The largest absolute Gasteiger partial charge is 0.0588 e. The van der Waals surface area contributed by atoms with Gasteiger partial charge in [0.15, 0.2) is 0 Å². The van der Waals surface area contributed by atoms with Crippen molar-refractivity contribution < 1.29 is 0 Å². The van der Waals surface area contributed by atoms with Gasteiger partial charge in [0.05, 0.1) is 0 Å². The van der Waals surface area contributed by atoms with Crippen molar-refractivity contribution in [1.82, 2.24) is 0 Å². The van der Waals surface area contributed by atoms with Crippen LogP contribution in [0.3, 0.4) is 0 Å². The highest BCUT2D eigenvalue weighted by Gasteiger charge is 1.99. The van der Waals surface area contributed by atoms with E-state index in [4.69, 9.17) is 0 Å².